The van der Waals surface area contributed by atoms with Gasteiger partial charge in [0.1, 0.15) is 5.75 Å². The number of aromatic nitrogens is 4. The van der Waals surface area contributed by atoms with Crippen LogP contribution in [0.25, 0.3) is 5.82 Å². The molecule has 0 bridgehead atoms. The lowest BCUT2D eigenvalue weighted by Gasteiger charge is -2.19. The SMILES string of the molecule is Cc1nn(-c2ccc(Oc3ccc(NC(=O)c4ccc(C(C)(C)C)cc4)cc3)nn2)c(C)c1C. The maximum Gasteiger partial charge on any atom is 0.255 e. The summed E-state index contributed by atoms with van der Waals surface area (Å²) in [6, 6.07) is 18.4. The Bertz CT molecular complexity index is 1300. The number of hydrogen-bond donors (Lipinski definition) is 1. The van der Waals surface area contributed by atoms with Gasteiger partial charge in [-0.2, -0.15) is 5.10 Å². The van der Waals surface area contributed by atoms with Gasteiger partial charge in [-0.05, 0) is 79.8 Å². The van der Waals surface area contributed by atoms with Gasteiger partial charge in [-0.3, -0.25) is 4.79 Å². The Morgan fingerprint density at radius 1 is 0.882 bits per heavy atom. The third kappa shape index (κ3) is 4.98. The molecule has 7 nitrogen and oxygen atoms in total. The predicted molar refractivity (Wildman–Crippen MR) is 133 cm³/mol. The monoisotopic (exact) mass is 455 g/mol. The van der Waals surface area contributed by atoms with Crippen LogP contribution in [0.3, 0.4) is 0 Å². The van der Waals surface area contributed by atoms with E-state index < -0.39 is 0 Å². The summed E-state index contributed by atoms with van der Waals surface area (Å²) in [4.78, 5) is 12.6. The number of anilines is 1. The summed E-state index contributed by atoms with van der Waals surface area (Å²) in [5, 5.41) is 15.8. The summed E-state index contributed by atoms with van der Waals surface area (Å²) >= 11 is 0. The first kappa shape index (κ1) is 23.2. The number of ether oxygens (including phenoxy) is 1. The Hall–Kier alpha value is -4.00. The first-order chi connectivity index (χ1) is 16.1. The van der Waals surface area contributed by atoms with Crippen LogP contribution in [-0.2, 0) is 5.41 Å². The fraction of sp³-hybridized carbons (Fsp3) is 0.259. The molecule has 0 aliphatic heterocycles. The quantitative estimate of drug-likeness (QED) is 0.403. The molecule has 0 fully saturated rings. The van der Waals surface area contributed by atoms with Crippen molar-refractivity contribution >= 4 is 11.6 Å². The van der Waals surface area contributed by atoms with Crippen molar-refractivity contribution in [3.8, 4) is 17.4 Å². The van der Waals surface area contributed by atoms with Crippen molar-refractivity contribution in [1.82, 2.24) is 20.0 Å². The van der Waals surface area contributed by atoms with Gasteiger partial charge in [0.15, 0.2) is 5.82 Å². The fourth-order valence-electron chi connectivity index (χ4n) is 3.48. The molecule has 0 radical (unpaired) electrons. The number of benzene rings is 2. The van der Waals surface area contributed by atoms with Crippen LogP contribution in [0.4, 0.5) is 5.69 Å². The summed E-state index contributed by atoms with van der Waals surface area (Å²) in [5.74, 6) is 1.44. The van der Waals surface area contributed by atoms with Crippen molar-refractivity contribution in [2.45, 2.75) is 47.0 Å². The minimum atomic E-state index is -0.157. The van der Waals surface area contributed by atoms with Gasteiger partial charge >= 0.3 is 0 Å². The van der Waals surface area contributed by atoms with Crippen molar-refractivity contribution in [2.24, 2.45) is 0 Å². The molecule has 0 aliphatic carbocycles. The van der Waals surface area contributed by atoms with E-state index in [1.165, 1.54) is 5.56 Å². The standard InChI is InChI=1S/C27H29N5O2/c1-17-18(2)31-32(19(17)3)24-15-16-25(30-29-24)34-23-13-11-22(12-14-23)28-26(33)20-7-9-21(10-8-20)27(4,5)6/h7-16H,1-6H3,(H,28,33). The van der Waals surface area contributed by atoms with Gasteiger partial charge in [0.05, 0.1) is 5.69 Å². The molecule has 2 aromatic carbocycles. The average Bonchev–Trinajstić information content (AvgIpc) is 3.07. The second-order valence-corrected chi connectivity index (χ2v) is 9.35. The number of nitrogens with zero attached hydrogens (tertiary/aromatic N) is 4. The van der Waals surface area contributed by atoms with E-state index in [4.69, 9.17) is 4.74 Å². The lowest BCUT2D eigenvalue weighted by Crippen LogP contribution is -2.14. The van der Waals surface area contributed by atoms with E-state index in [9.17, 15) is 4.79 Å². The van der Waals surface area contributed by atoms with E-state index in [1.54, 1.807) is 35.0 Å². The molecule has 174 valence electrons. The van der Waals surface area contributed by atoms with Crippen molar-refractivity contribution in [1.29, 1.82) is 0 Å². The zero-order chi connectivity index (χ0) is 24.5. The van der Waals surface area contributed by atoms with Gasteiger partial charge < -0.3 is 10.1 Å². The predicted octanol–water partition coefficient (Wildman–Crippen LogP) is 5.93. The highest BCUT2D eigenvalue weighted by Gasteiger charge is 2.15. The molecule has 0 unspecified atom stereocenters. The van der Waals surface area contributed by atoms with Crippen molar-refractivity contribution in [3.63, 3.8) is 0 Å². The Balaban J connectivity index is 1.39. The van der Waals surface area contributed by atoms with Gasteiger partial charge in [-0.1, -0.05) is 32.9 Å². The van der Waals surface area contributed by atoms with E-state index in [2.05, 4.69) is 41.4 Å². The number of aryl methyl sites for hydroxylation is 1. The van der Waals surface area contributed by atoms with Crippen LogP contribution in [0.2, 0.25) is 0 Å². The number of amides is 1. The Labute approximate surface area is 199 Å². The molecule has 0 saturated carbocycles. The molecule has 0 atom stereocenters. The molecule has 0 saturated heterocycles. The summed E-state index contributed by atoms with van der Waals surface area (Å²) < 4.78 is 7.58. The number of carbonyl (C=O) groups excluding carboxylic acids is 1. The smallest absolute Gasteiger partial charge is 0.255 e. The molecule has 7 heteroatoms. The number of nitrogens with one attached hydrogen (secondary N) is 1. The maximum atomic E-state index is 12.6. The largest absolute Gasteiger partial charge is 0.438 e. The van der Waals surface area contributed by atoms with E-state index in [0.29, 0.717) is 28.7 Å². The molecule has 34 heavy (non-hydrogen) atoms. The van der Waals surface area contributed by atoms with Crippen LogP contribution in [-0.4, -0.2) is 25.9 Å². The first-order valence-electron chi connectivity index (χ1n) is 11.2. The van der Waals surface area contributed by atoms with Gasteiger partial charge in [0, 0.05) is 23.0 Å². The highest BCUT2D eigenvalue weighted by molar-refractivity contribution is 6.04. The molecule has 1 N–H and O–H groups in total. The van der Waals surface area contributed by atoms with Crippen LogP contribution in [0, 0.1) is 20.8 Å². The second-order valence-electron chi connectivity index (χ2n) is 9.35. The molecule has 0 aliphatic rings. The Kier molecular flexibility index (Phi) is 6.20. The van der Waals surface area contributed by atoms with Crippen LogP contribution < -0.4 is 10.1 Å². The molecule has 1 amide bonds. The molecule has 4 rings (SSSR count). The van der Waals surface area contributed by atoms with Gasteiger partial charge in [-0.15, -0.1) is 10.2 Å². The van der Waals surface area contributed by atoms with Crippen LogP contribution in [0.1, 0.15) is 53.6 Å². The lowest BCUT2D eigenvalue weighted by atomic mass is 9.87. The highest BCUT2D eigenvalue weighted by Crippen LogP contribution is 2.24. The summed E-state index contributed by atoms with van der Waals surface area (Å²) in [6.07, 6.45) is 0. The summed E-state index contributed by atoms with van der Waals surface area (Å²) in [7, 11) is 0. The molecular formula is C27H29N5O2. The van der Waals surface area contributed by atoms with Gasteiger partial charge in [-0.25, -0.2) is 4.68 Å². The normalized spacial score (nSPS) is 11.4. The van der Waals surface area contributed by atoms with Crippen LogP contribution in [0.5, 0.6) is 11.6 Å². The topological polar surface area (TPSA) is 81.9 Å². The molecule has 0 spiro atoms. The third-order valence-corrected chi connectivity index (χ3v) is 5.84. The van der Waals surface area contributed by atoms with Gasteiger partial charge in [0.25, 0.3) is 5.91 Å². The van der Waals surface area contributed by atoms with E-state index in [-0.39, 0.29) is 11.3 Å². The zero-order valence-electron chi connectivity index (χ0n) is 20.4. The van der Waals surface area contributed by atoms with E-state index in [1.807, 2.05) is 51.1 Å². The Morgan fingerprint density at radius 3 is 2.09 bits per heavy atom. The van der Waals surface area contributed by atoms with Crippen LogP contribution >= 0.6 is 0 Å². The van der Waals surface area contributed by atoms with E-state index >= 15 is 0 Å². The maximum absolute atomic E-state index is 12.6. The van der Waals surface area contributed by atoms with Crippen molar-refractivity contribution in [2.75, 3.05) is 5.32 Å². The minimum absolute atomic E-state index is 0.0473. The third-order valence-electron chi connectivity index (χ3n) is 5.84. The van der Waals surface area contributed by atoms with Crippen molar-refractivity contribution < 1.29 is 9.53 Å². The molecular weight excluding hydrogens is 426 g/mol. The number of rotatable bonds is 5. The molecule has 4 aromatic rings. The summed E-state index contributed by atoms with van der Waals surface area (Å²) in [5.41, 5.74) is 5.66. The van der Waals surface area contributed by atoms with Crippen molar-refractivity contribution in [3.05, 3.63) is 88.7 Å². The molecule has 2 aromatic heterocycles. The Morgan fingerprint density at radius 2 is 1.56 bits per heavy atom. The van der Waals surface area contributed by atoms with Gasteiger partial charge in [0.2, 0.25) is 5.88 Å². The van der Waals surface area contributed by atoms with E-state index in [0.717, 1.165) is 17.0 Å². The number of hydrogen-bond acceptors (Lipinski definition) is 5. The molecule has 2 heterocycles. The van der Waals surface area contributed by atoms with Crippen LogP contribution in [0.15, 0.2) is 60.7 Å². The lowest BCUT2D eigenvalue weighted by molar-refractivity contribution is 0.102. The average molecular weight is 456 g/mol. The highest BCUT2D eigenvalue weighted by atomic mass is 16.5. The fourth-order valence-corrected chi connectivity index (χ4v) is 3.48. The second kappa shape index (κ2) is 9.09. The zero-order valence-corrected chi connectivity index (χ0v) is 20.4. The minimum Gasteiger partial charge on any atom is -0.438 e. The first-order valence-corrected chi connectivity index (χ1v) is 11.2. The number of carbonyl (C=O) groups is 1. The summed E-state index contributed by atoms with van der Waals surface area (Å²) in [6.45, 7) is 12.4.